The van der Waals surface area contributed by atoms with Crippen LogP contribution in [0.25, 0.3) is 0 Å². The van der Waals surface area contributed by atoms with Crippen LogP contribution in [-0.4, -0.2) is 91.3 Å². The molecule has 0 aliphatic carbocycles. The second-order valence-electron chi connectivity index (χ2n) is 9.19. The van der Waals surface area contributed by atoms with Crippen LogP contribution < -0.4 is 0 Å². The van der Waals surface area contributed by atoms with E-state index in [0.717, 1.165) is 44.3 Å². The molecule has 206 valence electrons. The molecule has 37 heavy (non-hydrogen) atoms. The Balaban J connectivity index is 0.000000281. The first kappa shape index (κ1) is 30.2. The molecule has 1 aromatic rings. The summed E-state index contributed by atoms with van der Waals surface area (Å²) >= 11 is 0. The Morgan fingerprint density at radius 1 is 0.811 bits per heavy atom. The molecule has 2 atom stereocenters. The summed E-state index contributed by atoms with van der Waals surface area (Å²) in [5.74, 6) is -1.75. The van der Waals surface area contributed by atoms with Gasteiger partial charge >= 0.3 is 23.9 Å². The lowest BCUT2D eigenvalue weighted by atomic mass is 9.98. The molecule has 0 unspecified atom stereocenters. The van der Waals surface area contributed by atoms with Gasteiger partial charge in [0.2, 0.25) is 0 Å². The van der Waals surface area contributed by atoms with Crippen molar-refractivity contribution in [1.82, 2.24) is 9.80 Å². The van der Waals surface area contributed by atoms with E-state index in [4.69, 9.17) is 19.3 Å². The van der Waals surface area contributed by atoms with Crippen LogP contribution in [-0.2, 0) is 40.0 Å². The number of hydrogen-bond acceptors (Lipinski definition) is 9. The van der Waals surface area contributed by atoms with Gasteiger partial charge in [0.1, 0.15) is 6.61 Å². The number of carboxylic acids is 1. The zero-order valence-electron chi connectivity index (χ0n) is 21.9. The molecule has 0 spiro atoms. The van der Waals surface area contributed by atoms with E-state index in [-0.39, 0.29) is 49.4 Å². The number of nitrogens with zero attached hydrogens (tertiary/aromatic N) is 2. The Hall–Kier alpha value is -2.98. The van der Waals surface area contributed by atoms with Gasteiger partial charge in [-0.25, -0.2) is 0 Å². The lowest BCUT2D eigenvalue weighted by Crippen LogP contribution is -2.42. The quantitative estimate of drug-likeness (QED) is 0.363. The van der Waals surface area contributed by atoms with Crippen molar-refractivity contribution in [3.8, 4) is 0 Å². The maximum Gasteiger partial charge on any atom is 0.320 e. The van der Waals surface area contributed by atoms with Gasteiger partial charge in [0, 0.05) is 13.1 Å². The third-order valence-electron chi connectivity index (χ3n) is 6.21. The number of aliphatic carboxylic acids is 1. The van der Waals surface area contributed by atoms with Gasteiger partial charge in [-0.05, 0) is 58.2 Å². The van der Waals surface area contributed by atoms with Crippen LogP contribution in [0.1, 0.15) is 45.1 Å². The van der Waals surface area contributed by atoms with Crippen molar-refractivity contribution in [2.75, 3.05) is 52.5 Å². The first-order valence-electron chi connectivity index (χ1n) is 13.0. The molecule has 10 nitrogen and oxygen atoms in total. The first-order valence-corrected chi connectivity index (χ1v) is 13.0. The van der Waals surface area contributed by atoms with Crippen LogP contribution in [0.5, 0.6) is 0 Å². The van der Waals surface area contributed by atoms with Gasteiger partial charge in [-0.1, -0.05) is 30.3 Å². The summed E-state index contributed by atoms with van der Waals surface area (Å²) < 4.78 is 15.3. The predicted octanol–water partition coefficient (Wildman–Crippen LogP) is 2.35. The van der Waals surface area contributed by atoms with E-state index in [1.165, 1.54) is 0 Å². The summed E-state index contributed by atoms with van der Waals surface area (Å²) in [6, 6.07) is 9.60. The molecule has 1 N–H and O–H groups in total. The highest BCUT2D eigenvalue weighted by Gasteiger charge is 2.28. The fraction of sp³-hybridized carbons (Fsp3) is 0.630. The smallest absolute Gasteiger partial charge is 0.320 e. The highest BCUT2D eigenvalue weighted by atomic mass is 16.5. The second-order valence-corrected chi connectivity index (χ2v) is 9.19. The van der Waals surface area contributed by atoms with Crippen LogP contribution in [0, 0.1) is 11.8 Å². The fourth-order valence-electron chi connectivity index (χ4n) is 4.46. The van der Waals surface area contributed by atoms with E-state index >= 15 is 0 Å². The van der Waals surface area contributed by atoms with E-state index < -0.39 is 5.97 Å². The molecular formula is C27H40N2O8. The molecule has 0 radical (unpaired) electrons. The predicted molar refractivity (Wildman–Crippen MR) is 135 cm³/mol. The fourth-order valence-corrected chi connectivity index (χ4v) is 4.46. The molecular weight excluding hydrogens is 480 g/mol. The van der Waals surface area contributed by atoms with Gasteiger partial charge in [-0.3, -0.25) is 29.0 Å². The summed E-state index contributed by atoms with van der Waals surface area (Å²) in [6.45, 7) is 7.52. The summed E-state index contributed by atoms with van der Waals surface area (Å²) in [4.78, 5) is 49.4. The van der Waals surface area contributed by atoms with E-state index in [1.807, 2.05) is 35.2 Å². The minimum atomic E-state index is -0.848. The molecule has 0 aromatic heterocycles. The van der Waals surface area contributed by atoms with Crippen LogP contribution in [0.15, 0.2) is 30.3 Å². The Morgan fingerprint density at radius 3 is 1.81 bits per heavy atom. The maximum absolute atomic E-state index is 11.9. The molecule has 2 aliphatic rings. The van der Waals surface area contributed by atoms with Crippen molar-refractivity contribution in [3.05, 3.63) is 35.9 Å². The number of esters is 3. The Morgan fingerprint density at radius 2 is 1.32 bits per heavy atom. The molecule has 0 amide bonds. The largest absolute Gasteiger partial charge is 0.480 e. The molecule has 10 heteroatoms. The highest BCUT2D eigenvalue weighted by molar-refractivity contribution is 5.74. The third kappa shape index (κ3) is 11.7. The normalized spacial score (nSPS) is 20.2. The number of carboxylic acid groups (broad SMARTS) is 1. The molecule has 2 heterocycles. The number of carbonyl (C=O) groups is 4. The molecule has 0 bridgehead atoms. The van der Waals surface area contributed by atoms with Crippen molar-refractivity contribution in [2.45, 2.75) is 46.1 Å². The lowest BCUT2D eigenvalue weighted by Gasteiger charge is -2.30. The summed E-state index contributed by atoms with van der Waals surface area (Å²) in [6.07, 6.45) is 3.38. The Bertz CT molecular complexity index is 863. The monoisotopic (exact) mass is 520 g/mol. The zero-order valence-corrected chi connectivity index (χ0v) is 21.9. The van der Waals surface area contributed by atoms with Gasteiger partial charge in [0.05, 0.1) is 38.1 Å². The molecule has 0 saturated carbocycles. The van der Waals surface area contributed by atoms with Gasteiger partial charge in [-0.2, -0.15) is 0 Å². The molecule has 1 aromatic carbocycles. The van der Waals surface area contributed by atoms with E-state index in [1.54, 1.807) is 18.7 Å². The van der Waals surface area contributed by atoms with Crippen molar-refractivity contribution in [2.24, 2.45) is 11.8 Å². The third-order valence-corrected chi connectivity index (χ3v) is 6.21. The van der Waals surface area contributed by atoms with E-state index in [2.05, 4.69) is 0 Å². The van der Waals surface area contributed by atoms with Crippen molar-refractivity contribution >= 4 is 23.9 Å². The van der Waals surface area contributed by atoms with E-state index in [9.17, 15) is 19.2 Å². The van der Waals surface area contributed by atoms with Crippen LogP contribution in [0.4, 0.5) is 0 Å². The highest BCUT2D eigenvalue weighted by Crippen LogP contribution is 2.18. The zero-order chi connectivity index (χ0) is 27.0. The molecule has 2 fully saturated rings. The number of ether oxygens (including phenoxy) is 3. The number of rotatable bonds is 10. The number of hydrogen-bond donors (Lipinski definition) is 1. The second kappa shape index (κ2) is 16.7. The van der Waals surface area contributed by atoms with Crippen molar-refractivity contribution in [3.63, 3.8) is 0 Å². The number of benzene rings is 1. The van der Waals surface area contributed by atoms with Gasteiger partial charge in [-0.15, -0.1) is 0 Å². The van der Waals surface area contributed by atoms with Gasteiger partial charge in [0.15, 0.2) is 0 Å². The van der Waals surface area contributed by atoms with Crippen LogP contribution in [0.3, 0.4) is 0 Å². The van der Waals surface area contributed by atoms with Gasteiger partial charge in [0.25, 0.3) is 0 Å². The summed E-state index contributed by atoms with van der Waals surface area (Å²) in [7, 11) is 0. The summed E-state index contributed by atoms with van der Waals surface area (Å²) in [5, 5.41) is 8.64. The van der Waals surface area contributed by atoms with Crippen LogP contribution in [0.2, 0.25) is 0 Å². The minimum Gasteiger partial charge on any atom is -0.480 e. The SMILES string of the molecule is CCOC(=O)[C@@H]1CCCN(CC(=O)O)C1.CCOC(=O)[C@@H]1CCCN(CC(=O)OCc2ccccc2)C1. The van der Waals surface area contributed by atoms with Gasteiger partial charge < -0.3 is 19.3 Å². The number of piperidine rings is 2. The standard InChI is InChI=1S/C17H23NO4.C10H17NO4/c1-2-21-17(20)15-9-6-10-18(11-15)12-16(19)22-13-14-7-4-3-5-8-14;1-2-15-10(14)8-4-3-5-11(6-8)7-9(12)13/h3-5,7-8,15H,2,6,9-13H2,1H3;8H,2-7H2,1H3,(H,12,13)/t15-;8-/m11/s1. The minimum absolute atomic E-state index is 0.00983. The average Bonchev–Trinajstić information content (AvgIpc) is 2.89. The molecule has 3 rings (SSSR count). The maximum atomic E-state index is 11.9. The average molecular weight is 521 g/mol. The molecule has 2 saturated heterocycles. The lowest BCUT2D eigenvalue weighted by molar-refractivity contribution is -0.153. The van der Waals surface area contributed by atoms with E-state index in [0.29, 0.717) is 26.3 Å². The molecule has 2 aliphatic heterocycles. The number of carbonyl (C=O) groups excluding carboxylic acids is 3. The Labute approximate surface area is 218 Å². The Kier molecular flexibility index (Phi) is 13.7. The summed E-state index contributed by atoms with van der Waals surface area (Å²) in [5.41, 5.74) is 0.971. The van der Waals surface area contributed by atoms with Crippen molar-refractivity contribution < 1.29 is 38.5 Å². The first-order chi connectivity index (χ1) is 17.8. The topological polar surface area (TPSA) is 123 Å². The number of likely N-dealkylation sites (tertiary alicyclic amines) is 2. The van der Waals surface area contributed by atoms with Crippen molar-refractivity contribution in [1.29, 1.82) is 0 Å². The van der Waals surface area contributed by atoms with Crippen LogP contribution >= 0.6 is 0 Å².